The zero-order chi connectivity index (χ0) is 14.4. The van der Waals surface area contributed by atoms with Crippen molar-refractivity contribution in [3.05, 3.63) is 23.3 Å². The fourth-order valence-electron chi connectivity index (χ4n) is 2.24. The maximum absolute atomic E-state index is 6.10. The van der Waals surface area contributed by atoms with E-state index in [1.165, 1.54) is 0 Å². The molecule has 104 valence electrons. The predicted molar refractivity (Wildman–Crippen MR) is 82.8 cm³/mol. The first-order valence-corrected chi connectivity index (χ1v) is 7.00. The molecule has 0 radical (unpaired) electrons. The molecule has 0 saturated carbocycles. The lowest BCUT2D eigenvalue weighted by molar-refractivity contribution is 0.00578. The lowest BCUT2D eigenvalue weighted by Crippen LogP contribution is -2.41. The average Bonchev–Trinajstić information content (AvgIpc) is 2.73. The van der Waals surface area contributed by atoms with E-state index in [4.69, 9.17) is 9.31 Å². The van der Waals surface area contributed by atoms with Gasteiger partial charge in [-0.05, 0) is 44.0 Å². The largest absolute Gasteiger partial charge is 0.497 e. The maximum Gasteiger partial charge on any atom is 0.497 e. The van der Waals surface area contributed by atoms with E-state index in [9.17, 15) is 0 Å². The Hall–Kier alpha value is -0.635. The van der Waals surface area contributed by atoms with E-state index in [1.54, 1.807) is 7.05 Å². The molecule has 2 rings (SSSR count). The number of rotatable bonds is 1. The van der Waals surface area contributed by atoms with Gasteiger partial charge in [0.25, 0.3) is 0 Å². The third-order valence-corrected chi connectivity index (χ3v) is 4.48. The second-order valence-corrected chi connectivity index (χ2v) is 6.39. The summed E-state index contributed by atoms with van der Waals surface area (Å²) in [5.74, 6) is 0.914. The molecule has 19 heavy (non-hydrogen) atoms. The minimum absolute atomic E-state index is 0.324. The van der Waals surface area contributed by atoms with E-state index in [-0.39, 0.29) is 18.3 Å². The van der Waals surface area contributed by atoms with E-state index >= 15 is 0 Å². The first-order valence-electron chi connectivity index (χ1n) is 6.48. The van der Waals surface area contributed by atoms with Crippen molar-refractivity contribution in [2.24, 2.45) is 4.99 Å². The summed E-state index contributed by atoms with van der Waals surface area (Å²) in [5, 5.41) is 0. The van der Waals surface area contributed by atoms with E-state index in [0.717, 1.165) is 16.9 Å². The Labute approximate surface area is 118 Å². The average molecular weight is 280 g/mol. The molecule has 6 heteroatoms. The minimum Gasteiger partial charge on any atom is -0.399 e. The number of aliphatic imine (C=N–C) groups is 1. The molecule has 0 aromatic heterocycles. The molecule has 2 heterocycles. The van der Waals surface area contributed by atoms with Gasteiger partial charge in [-0.3, -0.25) is 4.99 Å². The van der Waals surface area contributed by atoms with Crippen LogP contribution >= 0.6 is 9.39 Å². The van der Waals surface area contributed by atoms with Gasteiger partial charge in [-0.1, -0.05) is 6.08 Å². The molecule has 0 N–H and O–H groups in total. The second-order valence-electron chi connectivity index (χ2n) is 5.83. The molecule has 2 aliphatic rings. The highest BCUT2D eigenvalue weighted by atomic mass is 31.0. The maximum atomic E-state index is 6.10. The Kier molecular flexibility index (Phi) is 3.67. The first-order chi connectivity index (χ1) is 8.73. The number of hydrogen-bond acceptors (Lipinski definition) is 3. The summed E-state index contributed by atoms with van der Waals surface area (Å²) in [4.78, 5) is 4.31. The van der Waals surface area contributed by atoms with Crippen molar-refractivity contribution in [2.75, 3.05) is 7.05 Å². The Morgan fingerprint density at radius 2 is 1.79 bits per heavy atom. The molecule has 1 saturated heterocycles. The van der Waals surface area contributed by atoms with Gasteiger partial charge in [0.1, 0.15) is 5.84 Å². The van der Waals surface area contributed by atoms with Crippen LogP contribution in [0.1, 0.15) is 34.6 Å². The molecule has 1 fully saturated rings. The van der Waals surface area contributed by atoms with Crippen molar-refractivity contribution in [3.8, 4) is 0 Å². The van der Waals surface area contributed by atoms with Crippen LogP contribution in [-0.4, -0.2) is 35.9 Å². The second kappa shape index (κ2) is 4.73. The Bertz CT molecular complexity index is 467. The lowest BCUT2D eigenvalue weighted by Gasteiger charge is -2.32. The van der Waals surface area contributed by atoms with Gasteiger partial charge in [0, 0.05) is 24.3 Å². The summed E-state index contributed by atoms with van der Waals surface area (Å²) < 4.78 is 14.1. The van der Waals surface area contributed by atoms with Gasteiger partial charge in [-0.25, -0.2) is 0 Å². The standard InChI is InChI=1S/C13H22BN2O2P/c1-7-9-10(8-16(19)11(9)15-6)14-17-12(2,3)13(4,5)18-14/h7-8H,19H2,1-6H3/b9-7-,15-11?. The fraction of sp³-hybridized carbons (Fsp3) is 0.615. The first kappa shape index (κ1) is 14.8. The summed E-state index contributed by atoms with van der Waals surface area (Å²) >= 11 is 0. The van der Waals surface area contributed by atoms with Crippen LogP contribution < -0.4 is 0 Å². The summed E-state index contributed by atoms with van der Waals surface area (Å²) in [6.07, 6.45) is 4.05. The molecule has 2 aliphatic heterocycles. The lowest BCUT2D eigenvalue weighted by atomic mass is 9.75. The Morgan fingerprint density at radius 1 is 1.26 bits per heavy atom. The number of hydrogen-bond donors (Lipinski definition) is 0. The quantitative estimate of drug-likeness (QED) is 0.547. The van der Waals surface area contributed by atoms with Crippen molar-refractivity contribution in [1.82, 2.24) is 4.67 Å². The monoisotopic (exact) mass is 280 g/mol. The predicted octanol–water partition coefficient (Wildman–Crippen LogP) is 2.58. The van der Waals surface area contributed by atoms with Crippen LogP contribution in [0.3, 0.4) is 0 Å². The van der Waals surface area contributed by atoms with E-state index in [1.807, 2.05) is 23.9 Å². The highest BCUT2D eigenvalue weighted by molar-refractivity contribution is 7.15. The molecular weight excluding hydrogens is 258 g/mol. The zero-order valence-corrected chi connectivity index (χ0v) is 13.7. The third kappa shape index (κ3) is 2.28. The van der Waals surface area contributed by atoms with Crippen molar-refractivity contribution in [1.29, 1.82) is 0 Å². The normalized spacial score (nSPS) is 29.5. The summed E-state index contributed by atoms with van der Waals surface area (Å²) in [6, 6.07) is 0. The zero-order valence-electron chi connectivity index (χ0n) is 12.5. The minimum atomic E-state index is -0.349. The summed E-state index contributed by atoms with van der Waals surface area (Å²) in [7, 11) is 4.09. The van der Waals surface area contributed by atoms with Crippen molar-refractivity contribution in [3.63, 3.8) is 0 Å². The Morgan fingerprint density at radius 3 is 2.21 bits per heavy atom. The van der Waals surface area contributed by atoms with Crippen molar-refractivity contribution >= 4 is 22.3 Å². The van der Waals surface area contributed by atoms with Crippen LogP contribution in [0.25, 0.3) is 0 Å². The molecule has 0 aromatic rings. The molecular formula is C13H22BN2O2P. The van der Waals surface area contributed by atoms with Gasteiger partial charge in [-0.2, -0.15) is 0 Å². The topological polar surface area (TPSA) is 34.1 Å². The van der Waals surface area contributed by atoms with Gasteiger partial charge >= 0.3 is 7.12 Å². The molecule has 0 aromatic carbocycles. The van der Waals surface area contributed by atoms with Crippen LogP contribution in [0.5, 0.6) is 0 Å². The van der Waals surface area contributed by atoms with Crippen LogP contribution in [-0.2, 0) is 9.31 Å². The third-order valence-electron chi connectivity index (χ3n) is 4.08. The van der Waals surface area contributed by atoms with Crippen LogP contribution in [0.2, 0.25) is 0 Å². The highest BCUT2D eigenvalue weighted by Crippen LogP contribution is 2.41. The van der Waals surface area contributed by atoms with Crippen LogP contribution in [0.15, 0.2) is 28.3 Å². The SMILES string of the molecule is C/C=C1/C(B2OC(C)(C)C(C)(C)O2)=CN(P)C1=NC. The van der Waals surface area contributed by atoms with Gasteiger partial charge in [-0.15, -0.1) is 0 Å². The summed E-state index contributed by atoms with van der Waals surface area (Å²) in [5.41, 5.74) is 1.44. The molecule has 1 unspecified atom stereocenters. The highest BCUT2D eigenvalue weighted by Gasteiger charge is 2.54. The number of nitrogens with zero attached hydrogens (tertiary/aromatic N) is 2. The van der Waals surface area contributed by atoms with E-state index in [0.29, 0.717) is 0 Å². The van der Waals surface area contributed by atoms with Gasteiger partial charge in [0.15, 0.2) is 0 Å². The van der Waals surface area contributed by atoms with Gasteiger partial charge in [0.2, 0.25) is 0 Å². The van der Waals surface area contributed by atoms with Crippen molar-refractivity contribution < 1.29 is 9.31 Å². The van der Waals surface area contributed by atoms with E-state index < -0.39 is 0 Å². The summed E-state index contributed by atoms with van der Waals surface area (Å²) in [6.45, 7) is 10.2. The van der Waals surface area contributed by atoms with Crippen LogP contribution in [0, 0.1) is 0 Å². The van der Waals surface area contributed by atoms with Crippen molar-refractivity contribution in [2.45, 2.75) is 45.8 Å². The van der Waals surface area contributed by atoms with Gasteiger partial charge < -0.3 is 14.0 Å². The van der Waals surface area contributed by atoms with Crippen LogP contribution in [0.4, 0.5) is 0 Å². The molecule has 1 atom stereocenters. The molecule has 0 aliphatic carbocycles. The number of amidine groups is 1. The molecule has 4 nitrogen and oxygen atoms in total. The molecule has 0 amide bonds. The smallest absolute Gasteiger partial charge is 0.399 e. The number of allylic oxidation sites excluding steroid dienone is 1. The molecule has 0 spiro atoms. The Balaban J connectivity index is 2.33. The fourth-order valence-corrected chi connectivity index (χ4v) is 2.65. The van der Waals surface area contributed by atoms with E-state index in [2.05, 4.69) is 42.1 Å². The van der Waals surface area contributed by atoms with Gasteiger partial charge in [0.05, 0.1) is 11.2 Å². The molecule has 0 bridgehead atoms.